The van der Waals surface area contributed by atoms with Crippen LogP contribution in [0.4, 0.5) is 0 Å². The van der Waals surface area contributed by atoms with Gasteiger partial charge in [-0.3, -0.25) is 14.4 Å². The number of unbranched alkanes of at least 4 members (excludes halogenated alkanes) is 32. The van der Waals surface area contributed by atoms with E-state index in [0.717, 1.165) is 64.2 Å². The minimum Gasteiger partial charge on any atom is -0.462 e. The molecule has 6 nitrogen and oxygen atoms in total. The number of ether oxygens (including phenoxy) is 3. The second-order valence-electron chi connectivity index (χ2n) is 20.2. The summed E-state index contributed by atoms with van der Waals surface area (Å²) in [7, 11) is 0. The summed E-state index contributed by atoms with van der Waals surface area (Å²) >= 11 is 0. The molecule has 6 heteroatoms. The molecule has 0 amide bonds. The van der Waals surface area contributed by atoms with Crippen LogP contribution >= 0.6 is 0 Å². The third kappa shape index (κ3) is 57.6. The van der Waals surface area contributed by atoms with Crippen molar-refractivity contribution in [3.8, 4) is 0 Å². The maximum atomic E-state index is 12.9. The zero-order chi connectivity index (χ0) is 51.4. The zero-order valence-corrected chi connectivity index (χ0v) is 47.0. The molecule has 0 rings (SSSR count). The van der Waals surface area contributed by atoms with Crippen LogP contribution in [0.3, 0.4) is 0 Å². The van der Waals surface area contributed by atoms with Crippen LogP contribution in [0.1, 0.15) is 303 Å². The van der Waals surface area contributed by atoms with Gasteiger partial charge in [-0.2, -0.15) is 0 Å². The smallest absolute Gasteiger partial charge is 0.306 e. The van der Waals surface area contributed by atoms with E-state index >= 15 is 0 Å². The second kappa shape index (κ2) is 59.4. The molecule has 0 spiro atoms. The number of carbonyl (C=O) groups excluding carboxylic acids is 3. The first kappa shape index (κ1) is 67.8. The van der Waals surface area contributed by atoms with Gasteiger partial charge in [0.1, 0.15) is 13.2 Å². The van der Waals surface area contributed by atoms with Crippen molar-refractivity contribution in [2.75, 3.05) is 13.2 Å². The van der Waals surface area contributed by atoms with Crippen molar-refractivity contribution >= 4 is 17.9 Å². The highest BCUT2D eigenvalue weighted by molar-refractivity contribution is 5.71. The predicted octanol–water partition coefficient (Wildman–Crippen LogP) is 20.5. The molecular formula is C65H114O6. The van der Waals surface area contributed by atoms with Crippen LogP contribution in [0.25, 0.3) is 0 Å². The van der Waals surface area contributed by atoms with E-state index in [2.05, 4.69) is 93.7 Å². The Balaban J connectivity index is 4.44. The van der Waals surface area contributed by atoms with E-state index in [4.69, 9.17) is 14.2 Å². The van der Waals surface area contributed by atoms with E-state index in [1.54, 1.807) is 0 Å². The van der Waals surface area contributed by atoms with E-state index < -0.39 is 6.10 Å². The van der Waals surface area contributed by atoms with Gasteiger partial charge in [-0.1, -0.05) is 248 Å². The molecule has 0 saturated carbocycles. The quantitative estimate of drug-likeness (QED) is 0.0261. The highest BCUT2D eigenvalue weighted by Gasteiger charge is 2.19. The number of esters is 3. The fourth-order valence-corrected chi connectivity index (χ4v) is 8.54. The minimum atomic E-state index is -0.801. The van der Waals surface area contributed by atoms with E-state index in [9.17, 15) is 14.4 Å². The summed E-state index contributed by atoms with van der Waals surface area (Å²) in [6, 6.07) is 0. The number of rotatable bonds is 55. The number of carbonyl (C=O) groups is 3. The Hall–Kier alpha value is -3.15. The molecule has 0 bridgehead atoms. The summed E-state index contributed by atoms with van der Waals surface area (Å²) < 4.78 is 16.9. The molecule has 0 heterocycles. The lowest BCUT2D eigenvalue weighted by Gasteiger charge is -2.18. The van der Waals surface area contributed by atoms with Crippen molar-refractivity contribution in [1.82, 2.24) is 0 Å². The van der Waals surface area contributed by atoms with Crippen LogP contribution in [-0.2, 0) is 28.6 Å². The molecule has 1 atom stereocenters. The maximum Gasteiger partial charge on any atom is 0.306 e. The number of hydrogen-bond acceptors (Lipinski definition) is 6. The second-order valence-corrected chi connectivity index (χ2v) is 20.2. The lowest BCUT2D eigenvalue weighted by molar-refractivity contribution is -0.167. The SMILES string of the molecule is CCCCC/C=C\C/C=C\C/C=C\C/C=C\CCCC(=O)OC[C@H](COC(=O)CCCCCCCCCCC/C=C\CCCCCCCC)OC(=O)CCCCCCCCC/C=C\CCCCCCCC. The Labute approximate surface area is 440 Å². The summed E-state index contributed by atoms with van der Waals surface area (Å²) in [6.07, 6.45) is 76.1. The van der Waals surface area contributed by atoms with Crippen molar-refractivity contribution in [3.05, 3.63) is 72.9 Å². The molecule has 0 aromatic rings. The molecule has 0 aliphatic carbocycles. The molecule has 0 unspecified atom stereocenters. The Morgan fingerprint density at radius 3 is 0.887 bits per heavy atom. The van der Waals surface area contributed by atoms with Gasteiger partial charge in [-0.05, 0) is 109 Å². The lowest BCUT2D eigenvalue weighted by Crippen LogP contribution is -2.30. The molecule has 0 aromatic heterocycles. The number of allylic oxidation sites excluding steroid dienone is 12. The van der Waals surface area contributed by atoms with Gasteiger partial charge in [-0.15, -0.1) is 0 Å². The van der Waals surface area contributed by atoms with Crippen LogP contribution in [0.15, 0.2) is 72.9 Å². The van der Waals surface area contributed by atoms with Crippen LogP contribution in [0, 0.1) is 0 Å². The summed E-state index contributed by atoms with van der Waals surface area (Å²) in [5, 5.41) is 0. The van der Waals surface area contributed by atoms with Gasteiger partial charge in [0.2, 0.25) is 0 Å². The fraction of sp³-hybridized carbons (Fsp3) is 0.769. The van der Waals surface area contributed by atoms with Crippen LogP contribution < -0.4 is 0 Å². The largest absolute Gasteiger partial charge is 0.462 e. The Morgan fingerprint density at radius 2 is 0.521 bits per heavy atom. The van der Waals surface area contributed by atoms with E-state index in [-0.39, 0.29) is 37.5 Å². The Kier molecular flexibility index (Phi) is 56.8. The Bertz CT molecular complexity index is 1320. The molecule has 0 radical (unpaired) electrons. The van der Waals surface area contributed by atoms with Crippen LogP contribution in [0.2, 0.25) is 0 Å². The summed E-state index contributed by atoms with van der Waals surface area (Å²) in [4.78, 5) is 38.2. The molecule has 0 aromatic carbocycles. The van der Waals surface area contributed by atoms with Crippen molar-refractivity contribution in [1.29, 1.82) is 0 Å². The summed E-state index contributed by atoms with van der Waals surface area (Å²) in [5.41, 5.74) is 0. The molecule has 0 N–H and O–H groups in total. The molecule has 71 heavy (non-hydrogen) atoms. The van der Waals surface area contributed by atoms with Gasteiger partial charge in [0, 0.05) is 19.3 Å². The standard InChI is InChI=1S/C65H114O6/c1-4-7-10-13-16-19-22-25-28-31-32-35-37-40-43-46-49-52-55-58-64(67)70-61-62(71-65(68)59-56-53-50-47-44-41-38-34-30-27-24-21-18-15-12-9-6-3)60-69-63(66)57-54-51-48-45-42-39-36-33-29-26-23-20-17-14-11-8-5-2/h17,20,25-30,36,39,45,48,62H,4-16,18-19,21-24,31-35,37-38,40-44,46-47,49-61H2,1-3H3/b20-17-,28-25-,29-26-,30-27-,39-36-,48-45-/t62-/m1/s1. The zero-order valence-electron chi connectivity index (χ0n) is 47.0. The minimum absolute atomic E-state index is 0.0940. The van der Waals surface area contributed by atoms with E-state index in [0.29, 0.717) is 19.3 Å². The lowest BCUT2D eigenvalue weighted by atomic mass is 10.1. The Morgan fingerprint density at radius 1 is 0.282 bits per heavy atom. The summed E-state index contributed by atoms with van der Waals surface area (Å²) in [6.45, 7) is 6.58. The highest BCUT2D eigenvalue weighted by atomic mass is 16.6. The topological polar surface area (TPSA) is 78.9 Å². The normalized spacial score (nSPS) is 12.5. The maximum absolute atomic E-state index is 12.9. The van der Waals surface area contributed by atoms with Gasteiger partial charge in [0.05, 0.1) is 0 Å². The van der Waals surface area contributed by atoms with Crippen molar-refractivity contribution in [2.45, 2.75) is 309 Å². The van der Waals surface area contributed by atoms with Crippen LogP contribution in [-0.4, -0.2) is 37.2 Å². The molecular weight excluding hydrogens is 877 g/mol. The third-order valence-electron chi connectivity index (χ3n) is 13.2. The average Bonchev–Trinajstić information content (AvgIpc) is 3.37. The van der Waals surface area contributed by atoms with Crippen molar-refractivity contribution in [3.63, 3.8) is 0 Å². The van der Waals surface area contributed by atoms with E-state index in [1.165, 1.54) is 193 Å². The summed E-state index contributed by atoms with van der Waals surface area (Å²) in [5.74, 6) is -0.948. The molecule has 0 saturated heterocycles. The van der Waals surface area contributed by atoms with Gasteiger partial charge in [0.15, 0.2) is 6.10 Å². The van der Waals surface area contributed by atoms with Crippen LogP contribution in [0.5, 0.6) is 0 Å². The molecule has 0 aliphatic heterocycles. The third-order valence-corrected chi connectivity index (χ3v) is 13.2. The molecule has 0 fully saturated rings. The van der Waals surface area contributed by atoms with Crippen molar-refractivity contribution < 1.29 is 28.6 Å². The van der Waals surface area contributed by atoms with Gasteiger partial charge < -0.3 is 14.2 Å². The fourth-order valence-electron chi connectivity index (χ4n) is 8.54. The highest BCUT2D eigenvalue weighted by Crippen LogP contribution is 2.15. The predicted molar refractivity (Wildman–Crippen MR) is 307 cm³/mol. The first-order chi connectivity index (χ1) is 35.0. The van der Waals surface area contributed by atoms with Gasteiger partial charge in [-0.25, -0.2) is 0 Å². The monoisotopic (exact) mass is 991 g/mol. The van der Waals surface area contributed by atoms with Crippen molar-refractivity contribution in [2.24, 2.45) is 0 Å². The first-order valence-corrected chi connectivity index (χ1v) is 30.4. The molecule has 410 valence electrons. The number of hydrogen-bond donors (Lipinski definition) is 0. The first-order valence-electron chi connectivity index (χ1n) is 30.4. The molecule has 0 aliphatic rings. The van der Waals surface area contributed by atoms with Gasteiger partial charge in [0.25, 0.3) is 0 Å². The van der Waals surface area contributed by atoms with E-state index in [1.807, 2.05) is 0 Å². The average molecular weight is 992 g/mol. The van der Waals surface area contributed by atoms with Gasteiger partial charge >= 0.3 is 17.9 Å².